The molecule has 2 aromatic carbocycles. The molecule has 1 amide bonds. The van der Waals surface area contributed by atoms with Crippen molar-refractivity contribution < 1.29 is 22.1 Å². The predicted molar refractivity (Wildman–Crippen MR) is 116 cm³/mol. The van der Waals surface area contributed by atoms with Crippen LogP contribution in [0.5, 0.6) is 0 Å². The van der Waals surface area contributed by atoms with Gasteiger partial charge in [-0.25, -0.2) is 12.8 Å². The van der Waals surface area contributed by atoms with Crippen LogP contribution >= 0.6 is 11.3 Å². The number of thiophene rings is 1. The molecule has 0 saturated heterocycles. The molecule has 0 radical (unpaired) electrons. The molecule has 0 aliphatic heterocycles. The van der Waals surface area contributed by atoms with E-state index in [9.17, 15) is 17.6 Å². The number of nitrogens with one attached hydrogen (secondary N) is 2. The van der Waals surface area contributed by atoms with Crippen LogP contribution in [-0.2, 0) is 10.0 Å². The molecule has 158 valence electrons. The molecule has 2 heterocycles. The van der Waals surface area contributed by atoms with Gasteiger partial charge >= 0.3 is 0 Å². The van der Waals surface area contributed by atoms with E-state index in [-0.39, 0.29) is 22.0 Å². The van der Waals surface area contributed by atoms with Crippen LogP contribution in [0, 0.1) is 12.7 Å². The lowest BCUT2D eigenvalue weighted by Gasteiger charge is -2.13. The Bertz CT molecular complexity index is 1350. The summed E-state index contributed by atoms with van der Waals surface area (Å²) < 4.78 is 46.9. The molecule has 0 aliphatic carbocycles. The predicted octanol–water partition coefficient (Wildman–Crippen LogP) is 4.90. The van der Waals surface area contributed by atoms with Gasteiger partial charge in [-0.2, -0.15) is 0 Å². The summed E-state index contributed by atoms with van der Waals surface area (Å²) in [6, 6.07) is 15.1. The lowest BCUT2D eigenvalue weighted by atomic mass is 10.2. The normalized spacial score (nSPS) is 11.3. The summed E-state index contributed by atoms with van der Waals surface area (Å²) >= 11 is 1.45. The van der Waals surface area contributed by atoms with Crippen LogP contribution in [0.1, 0.15) is 16.1 Å². The highest BCUT2D eigenvalue weighted by atomic mass is 32.2. The molecular formula is C21H16FN3O4S2. The number of hydrogen-bond donors (Lipinski definition) is 2. The number of sulfonamides is 1. The minimum atomic E-state index is -4.09. The summed E-state index contributed by atoms with van der Waals surface area (Å²) in [6.07, 6.45) is 0. The van der Waals surface area contributed by atoms with E-state index in [1.807, 2.05) is 17.5 Å². The SMILES string of the molecule is Cc1ccc(NC(=O)c2cc(-c3cccs3)on2)cc1S(=O)(=O)Nc1ccccc1F. The number of para-hydroxylation sites is 1. The summed E-state index contributed by atoms with van der Waals surface area (Å²) in [5.41, 5.74) is 0.561. The average molecular weight is 458 g/mol. The highest BCUT2D eigenvalue weighted by Crippen LogP contribution is 2.27. The second-order valence-corrected chi connectivity index (χ2v) is 9.17. The van der Waals surface area contributed by atoms with Gasteiger partial charge in [0.2, 0.25) is 0 Å². The van der Waals surface area contributed by atoms with Gasteiger partial charge in [-0.15, -0.1) is 11.3 Å². The number of halogens is 1. The number of benzene rings is 2. The van der Waals surface area contributed by atoms with Crippen molar-refractivity contribution in [2.24, 2.45) is 0 Å². The van der Waals surface area contributed by atoms with Gasteiger partial charge in [0, 0.05) is 11.8 Å². The van der Waals surface area contributed by atoms with Crippen LogP contribution in [0.15, 0.2) is 75.5 Å². The first kappa shape index (κ1) is 20.8. The van der Waals surface area contributed by atoms with Gasteiger partial charge in [-0.1, -0.05) is 29.4 Å². The molecule has 0 unspecified atom stereocenters. The van der Waals surface area contributed by atoms with Gasteiger partial charge in [0.05, 0.1) is 15.5 Å². The Morgan fingerprint density at radius 1 is 1.10 bits per heavy atom. The van der Waals surface area contributed by atoms with Crippen molar-refractivity contribution >= 4 is 38.6 Å². The van der Waals surface area contributed by atoms with E-state index in [2.05, 4.69) is 15.2 Å². The molecule has 2 N–H and O–H groups in total. The molecule has 31 heavy (non-hydrogen) atoms. The zero-order valence-electron chi connectivity index (χ0n) is 16.1. The number of anilines is 2. The number of hydrogen-bond acceptors (Lipinski definition) is 6. The third-order valence-electron chi connectivity index (χ3n) is 4.36. The second-order valence-electron chi connectivity index (χ2n) is 6.57. The minimum absolute atomic E-state index is 0.0536. The van der Waals surface area contributed by atoms with Crippen molar-refractivity contribution in [2.75, 3.05) is 10.0 Å². The molecule has 0 bridgehead atoms. The molecule has 0 aliphatic rings. The van der Waals surface area contributed by atoms with E-state index >= 15 is 0 Å². The maximum atomic E-state index is 13.9. The summed E-state index contributed by atoms with van der Waals surface area (Å²) in [6.45, 7) is 1.60. The average Bonchev–Trinajstić information content (AvgIpc) is 3.42. The van der Waals surface area contributed by atoms with Crippen molar-refractivity contribution in [2.45, 2.75) is 11.8 Å². The number of carbonyl (C=O) groups excluding carboxylic acids is 1. The molecule has 7 nitrogen and oxygen atoms in total. The topological polar surface area (TPSA) is 101 Å². The van der Waals surface area contributed by atoms with Crippen molar-refractivity contribution in [3.05, 3.63) is 83.1 Å². The molecule has 2 aromatic heterocycles. The first-order valence-corrected chi connectivity index (χ1v) is 11.4. The number of amides is 1. The molecule has 0 atom stereocenters. The smallest absolute Gasteiger partial charge is 0.277 e. The Hall–Kier alpha value is -3.50. The van der Waals surface area contributed by atoms with Crippen LogP contribution in [-0.4, -0.2) is 19.5 Å². The number of carbonyl (C=O) groups is 1. The molecule has 4 aromatic rings. The zero-order valence-corrected chi connectivity index (χ0v) is 17.8. The molecule has 4 rings (SSSR count). The largest absolute Gasteiger partial charge is 0.355 e. The minimum Gasteiger partial charge on any atom is -0.355 e. The first-order chi connectivity index (χ1) is 14.8. The highest BCUT2D eigenvalue weighted by Gasteiger charge is 2.20. The summed E-state index contributed by atoms with van der Waals surface area (Å²) in [7, 11) is -4.09. The maximum Gasteiger partial charge on any atom is 0.277 e. The lowest BCUT2D eigenvalue weighted by Crippen LogP contribution is -2.17. The lowest BCUT2D eigenvalue weighted by molar-refractivity contribution is 0.101. The van der Waals surface area contributed by atoms with Crippen LogP contribution in [0.2, 0.25) is 0 Å². The Morgan fingerprint density at radius 2 is 1.90 bits per heavy atom. The van der Waals surface area contributed by atoms with Crippen molar-refractivity contribution in [1.29, 1.82) is 0 Å². The Morgan fingerprint density at radius 3 is 2.65 bits per heavy atom. The van der Waals surface area contributed by atoms with Crippen LogP contribution < -0.4 is 10.0 Å². The van der Waals surface area contributed by atoms with Gasteiger partial charge in [0.15, 0.2) is 11.5 Å². The molecule has 0 fully saturated rings. The molecule has 10 heteroatoms. The van der Waals surface area contributed by atoms with E-state index in [4.69, 9.17) is 4.52 Å². The number of aromatic nitrogens is 1. The summed E-state index contributed by atoms with van der Waals surface area (Å²) in [5, 5.41) is 8.25. The van der Waals surface area contributed by atoms with Gasteiger partial charge in [-0.3, -0.25) is 9.52 Å². The molecular weight excluding hydrogens is 441 g/mol. The molecule has 0 spiro atoms. The summed E-state index contributed by atoms with van der Waals surface area (Å²) in [4.78, 5) is 13.3. The van der Waals surface area contributed by atoms with E-state index in [0.717, 1.165) is 10.9 Å². The van der Waals surface area contributed by atoms with E-state index in [1.54, 1.807) is 19.1 Å². The van der Waals surface area contributed by atoms with Crippen molar-refractivity contribution in [3.8, 4) is 10.6 Å². The van der Waals surface area contributed by atoms with Crippen molar-refractivity contribution in [1.82, 2.24) is 5.16 Å². The monoisotopic (exact) mass is 457 g/mol. The van der Waals surface area contributed by atoms with Gasteiger partial charge in [0.25, 0.3) is 15.9 Å². The highest BCUT2D eigenvalue weighted by molar-refractivity contribution is 7.92. The van der Waals surface area contributed by atoms with Gasteiger partial charge < -0.3 is 9.84 Å². The maximum absolute atomic E-state index is 13.9. The molecule has 0 saturated carbocycles. The third-order valence-corrected chi connectivity index (χ3v) is 6.75. The van der Waals surface area contributed by atoms with E-state index in [1.165, 1.54) is 41.7 Å². The van der Waals surface area contributed by atoms with Gasteiger partial charge in [-0.05, 0) is 48.2 Å². The third kappa shape index (κ3) is 4.49. The summed E-state index contributed by atoms with van der Waals surface area (Å²) in [5.74, 6) is -0.789. The van der Waals surface area contributed by atoms with Crippen molar-refractivity contribution in [3.63, 3.8) is 0 Å². The zero-order chi connectivity index (χ0) is 22.0. The fourth-order valence-corrected chi connectivity index (χ4v) is 4.84. The van der Waals surface area contributed by atoms with E-state index < -0.39 is 21.7 Å². The Kier molecular flexibility index (Phi) is 5.57. The Labute approximate surface area is 181 Å². The van der Waals surface area contributed by atoms with E-state index in [0.29, 0.717) is 11.3 Å². The fourth-order valence-electron chi connectivity index (χ4n) is 2.82. The fraction of sp³-hybridized carbons (Fsp3) is 0.0476. The quantitative estimate of drug-likeness (QED) is 0.429. The number of aryl methyl sites for hydroxylation is 1. The number of nitrogens with zero attached hydrogens (tertiary/aromatic N) is 1. The first-order valence-electron chi connectivity index (χ1n) is 9.03. The van der Waals surface area contributed by atoms with Gasteiger partial charge in [0.1, 0.15) is 5.82 Å². The van der Waals surface area contributed by atoms with Crippen LogP contribution in [0.25, 0.3) is 10.6 Å². The Balaban J connectivity index is 1.56. The standard InChI is InChI=1S/C21H16FN3O4S2/c1-13-8-9-14(11-20(13)31(27,28)25-16-6-3-2-5-15(16)22)23-21(26)17-12-18(29-24-17)19-7-4-10-30-19/h2-12,25H,1H3,(H,23,26). The number of rotatable bonds is 6. The van der Waals surface area contributed by atoms with Crippen LogP contribution in [0.4, 0.5) is 15.8 Å². The van der Waals surface area contributed by atoms with Crippen LogP contribution in [0.3, 0.4) is 0 Å². The second kappa shape index (κ2) is 8.32.